The smallest absolute Gasteiger partial charge is 0.00823 e. The van der Waals surface area contributed by atoms with Crippen molar-refractivity contribution in [2.45, 2.75) is 83.7 Å². The van der Waals surface area contributed by atoms with Crippen molar-refractivity contribution in [2.24, 2.45) is 5.92 Å². The van der Waals surface area contributed by atoms with Crippen LogP contribution in [0.2, 0.25) is 0 Å². The molecule has 2 atom stereocenters. The van der Waals surface area contributed by atoms with Gasteiger partial charge in [0.15, 0.2) is 0 Å². The van der Waals surface area contributed by atoms with Crippen molar-refractivity contribution in [1.82, 2.24) is 10.2 Å². The maximum absolute atomic E-state index is 3.96. The largest absolute Gasteiger partial charge is 0.311 e. The molecule has 0 amide bonds. The SMILES string of the molecule is CCCN1CCCC(N[C@H](C)C2CCCCC2)CC1. The summed E-state index contributed by atoms with van der Waals surface area (Å²) in [6.07, 6.45) is 12.8. The third kappa shape index (κ3) is 5.07. The average Bonchev–Trinajstić information content (AvgIpc) is 2.66. The molecule has 2 aliphatic rings. The molecule has 0 aromatic carbocycles. The third-order valence-corrected chi connectivity index (χ3v) is 5.22. The second kappa shape index (κ2) is 8.26. The predicted octanol–water partition coefficient (Wildman–Crippen LogP) is 3.81. The fourth-order valence-corrected chi connectivity index (χ4v) is 4.00. The van der Waals surface area contributed by atoms with E-state index in [-0.39, 0.29) is 0 Å². The quantitative estimate of drug-likeness (QED) is 0.814. The van der Waals surface area contributed by atoms with Crippen molar-refractivity contribution >= 4 is 0 Å². The van der Waals surface area contributed by atoms with Crippen LogP contribution in [0, 0.1) is 5.92 Å². The molecule has 1 saturated heterocycles. The lowest BCUT2D eigenvalue weighted by atomic mass is 9.84. The number of hydrogen-bond acceptors (Lipinski definition) is 2. The van der Waals surface area contributed by atoms with E-state index in [1.807, 2.05) is 0 Å². The minimum Gasteiger partial charge on any atom is -0.311 e. The van der Waals surface area contributed by atoms with E-state index in [4.69, 9.17) is 0 Å². The van der Waals surface area contributed by atoms with E-state index in [9.17, 15) is 0 Å². The van der Waals surface area contributed by atoms with Gasteiger partial charge in [-0.3, -0.25) is 0 Å². The average molecular weight is 266 g/mol. The Kier molecular flexibility index (Phi) is 6.66. The first-order valence-corrected chi connectivity index (χ1v) is 8.78. The van der Waals surface area contributed by atoms with Crippen LogP contribution in [0.15, 0.2) is 0 Å². The third-order valence-electron chi connectivity index (χ3n) is 5.22. The highest BCUT2D eigenvalue weighted by Gasteiger charge is 2.23. The van der Waals surface area contributed by atoms with Crippen LogP contribution in [-0.2, 0) is 0 Å². The Balaban J connectivity index is 1.72. The van der Waals surface area contributed by atoms with E-state index in [1.165, 1.54) is 77.4 Å². The molecule has 1 aliphatic carbocycles. The minimum absolute atomic E-state index is 0.739. The van der Waals surface area contributed by atoms with Crippen LogP contribution in [-0.4, -0.2) is 36.6 Å². The van der Waals surface area contributed by atoms with Gasteiger partial charge in [0.1, 0.15) is 0 Å². The Labute approximate surface area is 120 Å². The van der Waals surface area contributed by atoms with Gasteiger partial charge in [-0.2, -0.15) is 0 Å². The molecule has 19 heavy (non-hydrogen) atoms. The Morgan fingerprint density at radius 2 is 1.79 bits per heavy atom. The molecular formula is C17H34N2. The standard InChI is InChI=1S/C17H34N2/c1-3-12-19-13-7-10-17(11-14-19)18-15(2)16-8-5-4-6-9-16/h15-18H,3-14H2,1-2H3/t15-,17?/m1/s1. The summed E-state index contributed by atoms with van der Waals surface area (Å²) in [5.41, 5.74) is 0. The lowest BCUT2D eigenvalue weighted by Gasteiger charge is -2.31. The van der Waals surface area contributed by atoms with E-state index in [1.54, 1.807) is 0 Å². The van der Waals surface area contributed by atoms with E-state index < -0.39 is 0 Å². The second-order valence-electron chi connectivity index (χ2n) is 6.82. The highest BCUT2D eigenvalue weighted by atomic mass is 15.1. The van der Waals surface area contributed by atoms with Gasteiger partial charge >= 0.3 is 0 Å². The van der Waals surface area contributed by atoms with Crippen molar-refractivity contribution in [1.29, 1.82) is 0 Å². The van der Waals surface area contributed by atoms with E-state index in [0.29, 0.717) is 0 Å². The Hall–Kier alpha value is -0.0800. The molecule has 112 valence electrons. The van der Waals surface area contributed by atoms with Crippen molar-refractivity contribution in [3.63, 3.8) is 0 Å². The molecule has 1 unspecified atom stereocenters. The van der Waals surface area contributed by atoms with Gasteiger partial charge in [0.2, 0.25) is 0 Å². The summed E-state index contributed by atoms with van der Waals surface area (Å²) < 4.78 is 0. The molecule has 0 radical (unpaired) electrons. The summed E-state index contributed by atoms with van der Waals surface area (Å²) in [6.45, 7) is 8.66. The number of rotatable bonds is 5. The second-order valence-corrected chi connectivity index (χ2v) is 6.82. The zero-order chi connectivity index (χ0) is 13.5. The summed E-state index contributed by atoms with van der Waals surface area (Å²) in [5.74, 6) is 0.948. The van der Waals surface area contributed by atoms with Crippen LogP contribution >= 0.6 is 0 Å². The zero-order valence-electron chi connectivity index (χ0n) is 13.2. The molecule has 0 aromatic heterocycles. The maximum atomic E-state index is 3.96. The van der Waals surface area contributed by atoms with Gasteiger partial charge in [0.25, 0.3) is 0 Å². The Morgan fingerprint density at radius 1 is 1.00 bits per heavy atom. The highest BCUT2D eigenvalue weighted by molar-refractivity contribution is 4.82. The van der Waals surface area contributed by atoms with Crippen LogP contribution in [0.5, 0.6) is 0 Å². The molecule has 1 aliphatic heterocycles. The molecule has 0 bridgehead atoms. The summed E-state index contributed by atoms with van der Waals surface area (Å²) in [6, 6.07) is 1.52. The lowest BCUT2D eigenvalue weighted by Crippen LogP contribution is -2.42. The van der Waals surface area contributed by atoms with E-state index in [2.05, 4.69) is 24.1 Å². The number of nitrogens with zero attached hydrogens (tertiary/aromatic N) is 1. The van der Waals surface area contributed by atoms with Gasteiger partial charge in [-0.25, -0.2) is 0 Å². The number of hydrogen-bond donors (Lipinski definition) is 1. The van der Waals surface area contributed by atoms with Gasteiger partial charge in [-0.1, -0.05) is 26.2 Å². The summed E-state index contributed by atoms with van der Waals surface area (Å²) >= 11 is 0. The molecule has 2 fully saturated rings. The van der Waals surface area contributed by atoms with Gasteiger partial charge in [0.05, 0.1) is 0 Å². The molecular weight excluding hydrogens is 232 g/mol. The molecule has 0 aromatic rings. The summed E-state index contributed by atoms with van der Waals surface area (Å²) in [4.78, 5) is 2.66. The predicted molar refractivity (Wildman–Crippen MR) is 83.5 cm³/mol. The first-order valence-electron chi connectivity index (χ1n) is 8.78. The molecule has 2 rings (SSSR count). The van der Waals surface area contributed by atoms with Crippen molar-refractivity contribution in [3.8, 4) is 0 Å². The van der Waals surface area contributed by atoms with Crippen LogP contribution in [0.3, 0.4) is 0 Å². The van der Waals surface area contributed by atoms with Gasteiger partial charge < -0.3 is 10.2 Å². The molecule has 1 heterocycles. The molecule has 2 heteroatoms. The van der Waals surface area contributed by atoms with Crippen molar-refractivity contribution < 1.29 is 0 Å². The van der Waals surface area contributed by atoms with E-state index >= 15 is 0 Å². The van der Waals surface area contributed by atoms with Crippen molar-refractivity contribution in [2.75, 3.05) is 19.6 Å². The fraction of sp³-hybridized carbons (Fsp3) is 1.00. The van der Waals surface area contributed by atoms with Crippen LogP contribution in [0.1, 0.15) is 71.6 Å². The zero-order valence-corrected chi connectivity index (χ0v) is 13.2. The minimum atomic E-state index is 0.739. The number of likely N-dealkylation sites (tertiary alicyclic amines) is 1. The molecule has 0 spiro atoms. The normalized spacial score (nSPS) is 29.1. The van der Waals surface area contributed by atoms with Crippen LogP contribution < -0.4 is 5.32 Å². The Morgan fingerprint density at radius 3 is 2.53 bits per heavy atom. The van der Waals surface area contributed by atoms with Gasteiger partial charge in [-0.05, 0) is 71.0 Å². The van der Waals surface area contributed by atoms with Gasteiger partial charge in [0, 0.05) is 12.1 Å². The van der Waals surface area contributed by atoms with Crippen LogP contribution in [0.4, 0.5) is 0 Å². The Bertz CT molecular complexity index is 235. The van der Waals surface area contributed by atoms with Crippen LogP contribution in [0.25, 0.3) is 0 Å². The fourth-order valence-electron chi connectivity index (χ4n) is 4.00. The maximum Gasteiger partial charge on any atom is 0.00823 e. The molecule has 1 saturated carbocycles. The molecule has 1 N–H and O–H groups in total. The number of nitrogens with one attached hydrogen (secondary N) is 1. The molecule has 2 nitrogen and oxygen atoms in total. The van der Waals surface area contributed by atoms with E-state index in [0.717, 1.165) is 18.0 Å². The highest BCUT2D eigenvalue weighted by Crippen LogP contribution is 2.27. The first-order chi connectivity index (χ1) is 9.29. The monoisotopic (exact) mass is 266 g/mol. The summed E-state index contributed by atoms with van der Waals surface area (Å²) in [5, 5.41) is 3.96. The van der Waals surface area contributed by atoms with Gasteiger partial charge in [-0.15, -0.1) is 0 Å². The lowest BCUT2D eigenvalue weighted by molar-refractivity contribution is 0.251. The first kappa shape index (κ1) is 15.3. The summed E-state index contributed by atoms with van der Waals surface area (Å²) in [7, 11) is 0. The topological polar surface area (TPSA) is 15.3 Å². The van der Waals surface area contributed by atoms with Crippen molar-refractivity contribution in [3.05, 3.63) is 0 Å².